The molecule has 1 rings (SSSR count). The van der Waals surface area contributed by atoms with Gasteiger partial charge in [-0.1, -0.05) is 26.0 Å². The molecule has 2 unspecified atom stereocenters. The van der Waals surface area contributed by atoms with E-state index in [0.29, 0.717) is 12.4 Å². The van der Waals surface area contributed by atoms with Crippen molar-refractivity contribution in [3.8, 4) is 0 Å². The van der Waals surface area contributed by atoms with Gasteiger partial charge in [0, 0.05) is 19.5 Å². The third kappa shape index (κ3) is 6.10. The average molecular weight is 362 g/mol. The first-order valence-electron chi connectivity index (χ1n) is 8.27. The van der Waals surface area contributed by atoms with Crippen LogP contribution in [0.3, 0.4) is 0 Å². The number of nitrogens with one attached hydrogen (secondary N) is 1. The van der Waals surface area contributed by atoms with Crippen LogP contribution in [0.4, 0.5) is 0 Å². The largest absolute Gasteiger partial charge is 0.374 e. The molecule has 140 valence electrons. The summed E-state index contributed by atoms with van der Waals surface area (Å²) in [4.78, 5) is 0. The molecule has 0 aliphatic heterocycles. The lowest BCUT2D eigenvalue weighted by Crippen LogP contribution is -2.44. The first kappa shape index (κ1) is 21.0. The van der Waals surface area contributed by atoms with Crippen molar-refractivity contribution in [2.45, 2.75) is 65.6 Å². The minimum Gasteiger partial charge on any atom is -0.374 e. The van der Waals surface area contributed by atoms with Crippen molar-refractivity contribution < 1.29 is 13.2 Å². The molecule has 0 bridgehead atoms. The third-order valence-electron chi connectivity index (χ3n) is 4.29. The number of tetrazole rings is 1. The maximum atomic E-state index is 11.8. The van der Waals surface area contributed by atoms with Gasteiger partial charge in [0.15, 0.2) is 5.82 Å². The lowest BCUT2D eigenvalue weighted by molar-refractivity contribution is -0.0687. The molecule has 0 aliphatic carbocycles. The smallest absolute Gasteiger partial charge is 0.211 e. The zero-order chi connectivity index (χ0) is 18.5. The van der Waals surface area contributed by atoms with Gasteiger partial charge < -0.3 is 4.74 Å². The number of nitrogens with zero attached hydrogens (tertiary/aromatic N) is 4. The molecule has 8 nitrogen and oxygen atoms in total. The molecule has 9 heteroatoms. The van der Waals surface area contributed by atoms with E-state index in [9.17, 15) is 8.42 Å². The summed E-state index contributed by atoms with van der Waals surface area (Å²) in [5.74, 6) is 0.825. The van der Waals surface area contributed by atoms with Crippen molar-refractivity contribution in [1.82, 2.24) is 24.9 Å². The van der Waals surface area contributed by atoms with Crippen LogP contribution in [0.15, 0.2) is 0 Å². The summed E-state index contributed by atoms with van der Waals surface area (Å²) in [6.45, 7) is 10.5. The van der Waals surface area contributed by atoms with Crippen LogP contribution in [0, 0.1) is 5.41 Å². The van der Waals surface area contributed by atoms with Gasteiger partial charge in [-0.05, 0) is 32.1 Å². The number of aromatic amines is 1. The number of H-pyrrole nitrogens is 1. The van der Waals surface area contributed by atoms with Gasteiger partial charge >= 0.3 is 0 Å². The van der Waals surface area contributed by atoms with Crippen molar-refractivity contribution in [2.24, 2.45) is 5.41 Å². The second-order valence-electron chi connectivity index (χ2n) is 7.28. The van der Waals surface area contributed by atoms with E-state index < -0.39 is 10.0 Å². The molecule has 0 aliphatic rings. The van der Waals surface area contributed by atoms with E-state index in [0.717, 1.165) is 12.8 Å². The van der Waals surface area contributed by atoms with Crippen molar-refractivity contribution in [3.05, 3.63) is 5.82 Å². The van der Waals surface area contributed by atoms with E-state index in [4.69, 9.17) is 4.74 Å². The summed E-state index contributed by atoms with van der Waals surface area (Å²) in [5, 5.41) is 14.3. The van der Waals surface area contributed by atoms with Gasteiger partial charge in [0.05, 0.1) is 18.5 Å². The Labute approximate surface area is 145 Å². The highest BCUT2D eigenvalue weighted by molar-refractivity contribution is 7.88. The molecule has 0 saturated carbocycles. The third-order valence-corrected chi connectivity index (χ3v) is 5.57. The Morgan fingerprint density at radius 2 is 1.96 bits per heavy atom. The molecule has 1 aromatic rings. The zero-order valence-electron chi connectivity index (χ0n) is 15.8. The Hall–Kier alpha value is -1.06. The van der Waals surface area contributed by atoms with Gasteiger partial charge in [-0.15, -0.1) is 10.2 Å². The monoisotopic (exact) mass is 361 g/mol. The zero-order valence-corrected chi connectivity index (χ0v) is 16.6. The van der Waals surface area contributed by atoms with Crippen molar-refractivity contribution in [1.29, 1.82) is 0 Å². The quantitative estimate of drug-likeness (QED) is 0.682. The van der Waals surface area contributed by atoms with Crippen molar-refractivity contribution in [2.75, 3.05) is 19.8 Å². The molecule has 1 aromatic heterocycles. The van der Waals surface area contributed by atoms with Crippen LogP contribution in [-0.4, -0.2) is 65.4 Å². The maximum absolute atomic E-state index is 11.8. The van der Waals surface area contributed by atoms with Crippen LogP contribution in [0.1, 0.15) is 59.2 Å². The topological polar surface area (TPSA) is 101 Å². The molecule has 0 saturated heterocycles. The Morgan fingerprint density at radius 1 is 1.33 bits per heavy atom. The van der Waals surface area contributed by atoms with E-state index in [1.54, 1.807) is 7.05 Å². The standard InChI is InChI=1S/C15H31N5O3S/c1-8-12(14-16-18-19-17-14)9-15(4,5)13(23-11(2)3)10-20(6)24(7,21)22/h11-13H,8-10H2,1-7H3,(H,16,17,18,19). The summed E-state index contributed by atoms with van der Waals surface area (Å²) in [6, 6.07) is 0. The minimum atomic E-state index is -3.26. The van der Waals surface area contributed by atoms with Gasteiger partial charge in [-0.3, -0.25) is 0 Å². The average Bonchev–Trinajstić information content (AvgIpc) is 2.96. The van der Waals surface area contributed by atoms with Gasteiger partial charge in [0.25, 0.3) is 0 Å². The van der Waals surface area contributed by atoms with E-state index in [1.807, 2.05) is 13.8 Å². The molecular weight excluding hydrogens is 330 g/mol. The molecule has 0 radical (unpaired) electrons. The maximum Gasteiger partial charge on any atom is 0.211 e. The molecule has 2 atom stereocenters. The number of likely N-dealkylation sites (N-methyl/N-ethyl adjacent to an activating group) is 1. The van der Waals surface area contributed by atoms with Crippen LogP contribution in [0.2, 0.25) is 0 Å². The number of sulfonamides is 1. The van der Waals surface area contributed by atoms with Crippen LogP contribution < -0.4 is 0 Å². The normalized spacial score (nSPS) is 15.9. The SMILES string of the molecule is CCC(CC(C)(C)C(CN(C)S(C)(=O)=O)OC(C)C)c1nn[nH]n1. The Kier molecular flexibility index (Phi) is 7.30. The molecule has 24 heavy (non-hydrogen) atoms. The van der Waals surface area contributed by atoms with Gasteiger partial charge in [-0.25, -0.2) is 12.7 Å². The first-order valence-corrected chi connectivity index (χ1v) is 10.1. The van der Waals surface area contributed by atoms with Crippen molar-refractivity contribution >= 4 is 10.0 Å². The fraction of sp³-hybridized carbons (Fsp3) is 0.933. The Balaban J connectivity index is 2.96. The molecule has 0 amide bonds. The highest BCUT2D eigenvalue weighted by atomic mass is 32.2. The molecule has 0 fully saturated rings. The first-order chi connectivity index (χ1) is 11.0. The predicted molar refractivity (Wildman–Crippen MR) is 93.1 cm³/mol. The molecule has 1 N–H and O–H groups in total. The Bertz CT molecular complexity index is 586. The summed E-state index contributed by atoms with van der Waals surface area (Å²) >= 11 is 0. The molecule has 1 heterocycles. The fourth-order valence-electron chi connectivity index (χ4n) is 2.70. The molecule has 0 aromatic carbocycles. The summed E-state index contributed by atoms with van der Waals surface area (Å²) in [7, 11) is -1.68. The van der Waals surface area contributed by atoms with Crippen LogP contribution in [-0.2, 0) is 14.8 Å². The lowest BCUT2D eigenvalue weighted by atomic mass is 9.76. The summed E-state index contributed by atoms with van der Waals surface area (Å²) in [5.41, 5.74) is -0.259. The lowest BCUT2D eigenvalue weighted by Gasteiger charge is -2.39. The van der Waals surface area contributed by atoms with Crippen LogP contribution in [0.5, 0.6) is 0 Å². The predicted octanol–water partition coefficient (Wildman–Crippen LogP) is 1.79. The molecule has 0 spiro atoms. The van der Waals surface area contributed by atoms with E-state index in [2.05, 4.69) is 41.4 Å². The number of aromatic nitrogens is 4. The second-order valence-corrected chi connectivity index (χ2v) is 9.37. The highest BCUT2D eigenvalue weighted by Crippen LogP contribution is 2.37. The minimum absolute atomic E-state index is 0.00693. The van der Waals surface area contributed by atoms with Gasteiger partial charge in [-0.2, -0.15) is 5.21 Å². The fourth-order valence-corrected chi connectivity index (χ4v) is 3.11. The highest BCUT2D eigenvalue weighted by Gasteiger charge is 2.36. The van der Waals surface area contributed by atoms with Crippen molar-refractivity contribution in [3.63, 3.8) is 0 Å². The van der Waals surface area contributed by atoms with Crippen LogP contribution >= 0.6 is 0 Å². The summed E-state index contributed by atoms with van der Waals surface area (Å²) in [6.07, 6.45) is 2.63. The van der Waals surface area contributed by atoms with E-state index in [-0.39, 0.29) is 23.5 Å². The number of hydrogen-bond donors (Lipinski definition) is 1. The van der Waals surface area contributed by atoms with Gasteiger partial charge in [0.1, 0.15) is 0 Å². The van der Waals surface area contributed by atoms with Gasteiger partial charge in [0.2, 0.25) is 10.0 Å². The van der Waals surface area contributed by atoms with E-state index >= 15 is 0 Å². The molecular formula is C15H31N5O3S. The van der Waals surface area contributed by atoms with Crippen LogP contribution in [0.25, 0.3) is 0 Å². The number of hydrogen-bond acceptors (Lipinski definition) is 6. The number of ether oxygens (including phenoxy) is 1. The Morgan fingerprint density at radius 3 is 2.38 bits per heavy atom. The van der Waals surface area contributed by atoms with E-state index in [1.165, 1.54) is 10.6 Å². The number of rotatable bonds is 10. The second kappa shape index (κ2) is 8.35. The summed E-state index contributed by atoms with van der Waals surface area (Å²) < 4.78 is 31.0.